The summed E-state index contributed by atoms with van der Waals surface area (Å²) in [5, 5.41) is 14.7. The van der Waals surface area contributed by atoms with E-state index in [1.165, 1.54) is 12.1 Å². The summed E-state index contributed by atoms with van der Waals surface area (Å²) in [5.41, 5.74) is 0.729. The Hall–Kier alpha value is -1.33. The fraction of sp³-hybridized carbons (Fsp3) is 0.600. The van der Waals surface area contributed by atoms with Crippen molar-refractivity contribution in [2.24, 2.45) is 5.92 Å². The third-order valence-corrected chi connectivity index (χ3v) is 4.06. The average molecular weight is 312 g/mol. The minimum absolute atomic E-state index is 0.0687. The van der Waals surface area contributed by atoms with Crippen LogP contribution in [-0.2, 0) is 0 Å². The lowest BCUT2D eigenvalue weighted by atomic mass is 10.0. The monoisotopic (exact) mass is 311 g/mol. The van der Waals surface area contributed by atoms with Gasteiger partial charge >= 0.3 is 0 Å². The highest BCUT2D eigenvalue weighted by atomic mass is 35.5. The molecular formula is C15H22ClN3O2. The lowest BCUT2D eigenvalue weighted by Gasteiger charge is -2.33. The Kier molecular flexibility index (Phi) is 5.42. The number of hydrogen-bond acceptors (Lipinski definition) is 4. The van der Waals surface area contributed by atoms with Crippen molar-refractivity contribution >= 4 is 23.0 Å². The molecule has 0 aliphatic carbocycles. The number of piperidine rings is 1. The third kappa shape index (κ3) is 4.58. The molecule has 0 amide bonds. The normalized spacial score (nSPS) is 17.1. The quantitative estimate of drug-likeness (QED) is 0.664. The van der Waals surface area contributed by atoms with Gasteiger partial charge in [-0.1, -0.05) is 25.4 Å². The predicted molar refractivity (Wildman–Crippen MR) is 86.0 cm³/mol. The second-order valence-corrected chi connectivity index (χ2v) is 6.44. The van der Waals surface area contributed by atoms with Crippen molar-refractivity contribution in [2.75, 3.05) is 25.0 Å². The first-order valence-electron chi connectivity index (χ1n) is 7.38. The minimum Gasteiger partial charge on any atom is -0.381 e. The van der Waals surface area contributed by atoms with Gasteiger partial charge in [-0.25, -0.2) is 0 Å². The predicted octanol–water partition coefficient (Wildman–Crippen LogP) is 3.78. The van der Waals surface area contributed by atoms with Crippen LogP contribution in [0.4, 0.5) is 11.4 Å². The summed E-state index contributed by atoms with van der Waals surface area (Å²) in [6.07, 6.45) is 2.07. The summed E-state index contributed by atoms with van der Waals surface area (Å²) in [4.78, 5) is 12.9. The van der Waals surface area contributed by atoms with E-state index < -0.39 is 4.92 Å². The van der Waals surface area contributed by atoms with Crippen LogP contribution in [0.5, 0.6) is 0 Å². The summed E-state index contributed by atoms with van der Waals surface area (Å²) in [7, 11) is 0. The second-order valence-electron chi connectivity index (χ2n) is 6.03. The van der Waals surface area contributed by atoms with Crippen molar-refractivity contribution in [3.63, 3.8) is 0 Å². The highest BCUT2D eigenvalue weighted by Crippen LogP contribution is 2.28. The Morgan fingerprint density at radius 2 is 2.10 bits per heavy atom. The van der Waals surface area contributed by atoms with Gasteiger partial charge in [-0.3, -0.25) is 10.1 Å². The van der Waals surface area contributed by atoms with Gasteiger partial charge in [0.25, 0.3) is 5.69 Å². The van der Waals surface area contributed by atoms with Gasteiger partial charge < -0.3 is 10.2 Å². The third-order valence-electron chi connectivity index (χ3n) is 3.73. The number of nitrogens with one attached hydrogen (secondary N) is 1. The van der Waals surface area contributed by atoms with Crippen molar-refractivity contribution < 1.29 is 4.92 Å². The number of anilines is 1. The number of rotatable bonds is 5. The molecule has 0 spiro atoms. The molecule has 0 unspecified atom stereocenters. The largest absolute Gasteiger partial charge is 0.381 e. The molecule has 1 fully saturated rings. The molecule has 1 aromatic rings. The molecule has 2 rings (SSSR count). The molecule has 1 saturated heterocycles. The van der Waals surface area contributed by atoms with Crippen molar-refractivity contribution in [1.82, 2.24) is 4.90 Å². The number of nitro groups is 1. The van der Waals surface area contributed by atoms with Crippen LogP contribution in [-0.4, -0.2) is 35.5 Å². The summed E-state index contributed by atoms with van der Waals surface area (Å²) >= 11 is 6.12. The van der Waals surface area contributed by atoms with Crippen LogP contribution >= 0.6 is 11.6 Å². The number of nitro benzene ring substituents is 1. The molecule has 0 aromatic heterocycles. The van der Waals surface area contributed by atoms with Crippen LogP contribution in [0.3, 0.4) is 0 Å². The summed E-state index contributed by atoms with van der Waals surface area (Å²) < 4.78 is 0. The van der Waals surface area contributed by atoms with Crippen LogP contribution in [0.1, 0.15) is 26.7 Å². The molecule has 1 aromatic carbocycles. The number of nitrogens with zero attached hydrogens (tertiary/aromatic N) is 2. The maximum Gasteiger partial charge on any atom is 0.271 e. The van der Waals surface area contributed by atoms with E-state index in [0.717, 1.165) is 32.5 Å². The molecule has 0 saturated carbocycles. The molecule has 0 atom stereocenters. The molecular weight excluding hydrogens is 290 g/mol. The molecule has 1 aliphatic heterocycles. The fourth-order valence-electron chi connectivity index (χ4n) is 2.73. The lowest BCUT2D eigenvalue weighted by molar-refractivity contribution is -0.384. The minimum atomic E-state index is -0.396. The first-order chi connectivity index (χ1) is 9.95. The van der Waals surface area contributed by atoms with E-state index >= 15 is 0 Å². The molecule has 21 heavy (non-hydrogen) atoms. The number of benzene rings is 1. The van der Waals surface area contributed by atoms with Gasteiger partial charge in [0.05, 0.1) is 15.6 Å². The van der Waals surface area contributed by atoms with Crippen LogP contribution in [0.15, 0.2) is 18.2 Å². The molecule has 1 heterocycles. The van der Waals surface area contributed by atoms with Crippen LogP contribution in [0.25, 0.3) is 0 Å². The molecule has 1 N–H and O–H groups in total. The van der Waals surface area contributed by atoms with Gasteiger partial charge in [0.1, 0.15) is 0 Å². The summed E-state index contributed by atoms with van der Waals surface area (Å²) in [5.74, 6) is 0.681. The van der Waals surface area contributed by atoms with E-state index in [2.05, 4.69) is 24.1 Å². The van der Waals surface area contributed by atoms with Crippen LogP contribution in [0.2, 0.25) is 5.02 Å². The van der Waals surface area contributed by atoms with Crippen LogP contribution < -0.4 is 5.32 Å². The van der Waals surface area contributed by atoms with E-state index in [9.17, 15) is 10.1 Å². The zero-order valence-corrected chi connectivity index (χ0v) is 13.3. The topological polar surface area (TPSA) is 58.4 Å². The Labute approximate surface area is 130 Å². The standard InChI is InChI=1S/C15H22ClN3O2/c1-11(2)10-18-7-5-12(6-8-18)17-15-9-13(19(20)21)3-4-14(15)16/h3-4,9,11-12,17H,5-8,10H2,1-2H3. The molecule has 0 radical (unpaired) electrons. The smallest absolute Gasteiger partial charge is 0.271 e. The number of non-ortho nitro benzene ring substituents is 1. The zero-order chi connectivity index (χ0) is 15.4. The van der Waals surface area contributed by atoms with Gasteiger partial charge in [0, 0.05) is 37.8 Å². The Morgan fingerprint density at radius 1 is 1.43 bits per heavy atom. The van der Waals surface area contributed by atoms with E-state index in [1.807, 2.05) is 0 Å². The highest BCUT2D eigenvalue weighted by Gasteiger charge is 2.20. The van der Waals surface area contributed by atoms with Crippen molar-refractivity contribution in [3.8, 4) is 0 Å². The van der Waals surface area contributed by atoms with Gasteiger partial charge in [-0.15, -0.1) is 0 Å². The Balaban J connectivity index is 1.94. The maximum atomic E-state index is 10.8. The summed E-state index contributed by atoms with van der Waals surface area (Å²) in [6, 6.07) is 4.85. The lowest BCUT2D eigenvalue weighted by Crippen LogP contribution is -2.40. The van der Waals surface area contributed by atoms with Gasteiger partial charge in [-0.05, 0) is 24.8 Å². The molecule has 116 valence electrons. The molecule has 5 nitrogen and oxygen atoms in total. The van der Waals surface area contributed by atoms with Crippen molar-refractivity contribution in [2.45, 2.75) is 32.7 Å². The van der Waals surface area contributed by atoms with E-state index in [-0.39, 0.29) is 5.69 Å². The van der Waals surface area contributed by atoms with Gasteiger partial charge in [0.15, 0.2) is 0 Å². The SMILES string of the molecule is CC(C)CN1CCC(Nc2cc([N+](=O)[O-])ccc2Cl)CC1. The van der Waals surface area contributed by atoms with E-state index in [1.54, 1.807) is 6.07 Å². The zero-order valence-electron chi connectivity index (χ0n) is 12.5. The van der Waals surface area contributed by atoms with Crippen LogP contribution in [0, 0.1) is 16.0 Å². The Bertz CT molecular complexity index is 500. The number of likely N-dealkylation sites (tertiary alicyclic amines) is 1. The Morgan fingerprint density at radius 3 is 2.67 bits per heavy atom. The fourth-order valence-corrected chi connectivity index (χ4v) is 2.91. The summed E-state index contributed by atoms with van der Waals surface area (Å²) in [6.45, 7) is 7.70. The van der Waals surface area contributed by atoms with Gasteiger partial charge in [-0.2, -0.15) is 0 Å². The first-order valence-corrected chi connectivity index (χ1v) is 7.76. The second kappa shape index (κ2) is 7.09. The molecule has 6 heteroatoms. The highest BCUT2D eigenvalue weighted by molar-refractivity contribution is 6.33. The maximum absolute atomic E-state index is 10.8. The van der Waals surface area contributed by atoms with E-state index in [4.69, 9.17) is 11.6 Å². The molecule has 0 bridgehead atoms. The molecule has 1 aliphatic rings. The average Bonchev–Trinajstić information content (AvgIpc) is 2.42. The first kappa shape index (κ1) is 16.0. The number of halogens is 1. The van der Waals surface area contributed by atoms with Crippen molar-refractivity contribution in [3.05, 3.63) is 33.3 Å². The van der Waals surface area contributed by atoms with Gasteiger partial charge in [0.2, 0.25) is 0 Å². The number of hydrogen-bond donors (Lipinski definition) is 1. The van der Waals surface area contributed by atoms with E-state index in [0.29, 0.717) is 22.7 Å². The van der Waals surface area contributed by atoms with Crippen molar-refractivity contribution in [1.29, 1.82) is 0 Å².